The number of carbonyl (C=O) groups is 5. The van der Waals surface area contributed by atoms with E-state index in [0.717, 1.165) is 32.1 Å². The van der Waals surface area contributed by atoms with Crippen molar-refractivity contribution in [3.05, 3.63) is 0 Å². The van der Waals surface area contributed by atoms with Gasteiger partial charge in [-0.25, -0.2) is 0 Å². The largest absolute Gasteiger partial charge is 0.388 e. The van der Waals surface area contributed by atoms with Gasteiger partial charge in [-0.2, -0.15) is 0 Å². The van der Waals surface area contributed by atoms with E-state index < -0.39 is 30.1 Å². The Balaban J connectivity index is 1.34. The Morgan fingerprint density at radius 1 is 0.680 bits per heavy atom. The van der Waals surface area contributed by atoms with E-state index in [2.05, 4.69) is 16.0 Å². The van der Waals surface area contributed by atoms with E-state index in [9.17, 15) is 34.2 Å². The summed E-state index contributed by atoms with van der Waals surface area (Å²) in [4.78, 5) is 58.5. The molecule has 0 radical (unpaired) electrons. The number of aliphatic hydroxyl groups excluding tert-OH is 2. The molecule has 2 rings (SSSR count). The van der Waals surface area contributed by atoms with Crippen molar-refractivity contribution in [2.75, 3.05) is 46.1 Å². The Bertz CT molecular complexity index is 1030. The number of unbranched alkanes of at least 4 members (excludes halogenated alkanes) is 8. The van der Waals surface area contributed by atoms with Gasteiger partial charge in [0.1, 0.15) is 35.4 Å². The molecule has 5 atom stereocenters. The zero-order chi connectivity index (χ0) is 36.6. The summed E-state index contributed by atoms with van der Waals surface area (Å²) in [5, 5.41) is 29.2. The third-order valence-corrected chi connectivity index (χ3v) is 8.98. The first-order valence-corrected chi connectivity index (χ1v) is 18.7. The maximum Gasteiger partial charge on any atom is 0.222 e. The Morgan fingerprint density at radius 2 is 1.26 bits per heavy atom. The number of hydrogen-bond acceptors (Lipinski definition) is 11. The first-order chi connectivity index (χ1) is 24.0. The van der Waals surface area contributed by atoms with Crippen LogP contribution in [0.1, 0.15) is 123 Å². The minimum Gasteiger partial charge on any atom is -0.388 e. The normalized spacial score (nSPS) is 22.6. The molecular weight excluding hydrogens is 650 g/mol. The molecule has 288 valence electrons. The highest BCUT2D eigenvalue weighted by Crippen LogP contribution is 2.37. The predicted molar refractivity (Wildman–Crippen MR) is 185 cm³/mol. The number of hydrogen-bond donors (Lipinski definition) is 5. The van der Waals surface area contributed by atoms with E-state index in [1.54, 1.807) is 6.92 Å². The summed E-state index contributed by atoms with van der Waals surface area (Å²) in [6, 6.07) is -0.865. The molecule has 0 saturated carbocycles. The average molecular weight is 714 g/mol. The van der Waals surface area contributed by atoms with Gasteiger partial charge in [0.25, 0.3) is 0 Å². The molecule has 50 heavy (non-hydrogen) atoms. The molecule has 0 unspecified atom stereocenters. The SMILES string of the molecule is CC(=O)CCCCCCCCCCC(=O)CCCOCCC(=O)NCCCNC(=O)CCCCOC[C@@]12CO[C@@H](O1)[C@H](NC(C)=O)[C@@H](O)[C@H]2O. The molecule has 2 aliphatic rings. The zero-order valence-corrected chi connectivity index (χ0v) is 30.3. The van der Waals surface area contributed by atoms with Crippen LogP contribution in [0.4, 0.5) is 0 Å². The molecule has 14 heteroatoms. The Hall–Kier alpha value is -2.49. The van der Waals surface area contributed by atoms with Crippen LogP contribution in [0, 0.1) is 0 Å². The molecule has 14 nitrogen and oxygen atoms in total. The van der Waals surface area contributed by atoms with E-state index in [-0.39, 0.29) is 48.9 Å². The molecule has 2 heterocycles. The molecule has 0 aromatic rings. The molecule has 0 aromatic heterocycles. The van der Waals surface area contributed by atoms with Crippen LogP contribution in [0.3, 0.4) is 0 Å². The second-order valence-corrected chi connectivity index (χ2v) is 13.6. The summed E-state index contributed by atoms with van der Waals surface area (Å²) in [5.41, 5.74) is -1.21. The molecule has 0 aliphatic carbocycles. The highest BCUT2D eigenvalue weighted by atomic mass is 16.7. The molecule has 2 saturated heterocycles. The second kappa shape index (κ2) is 25.5. The van der Waals surface area contributed by atoms with Crippen molar-refractivity contribution >= 4 is 29.3 Å². The van der Waals surface area contributed by atoms with Crippen LogP contribution >= 0.6 is 0 Å². The van der Waals surface area contributed by atoms with E-state index in [1.807, 2.05) is 0 Å². The monoisotopic (exact) mass is 713 g/mol. The van der Waals surface area contributed by atoms with E-state index in [0.29, 0.717) is 84.3 Å². The molecule has 2 aliphatic heterocycles. The average Bonchev–Trinajstić information content (AvgIpc) is 3.48. The first kappa shape index (κ1) is 43.7. The zero-order valence-electron chi connectivity index (χ0n) is 30.3. The number of Topliss-reactive ketones (excluding diaryl/α,β-unsaturated/α-hetero) is 2. The standard InChI is InChI=1S/C36H63N3O11/c1-27(40)15-9-7-5-3-4-6-8-10-16-29(42)17-13-23-47-24-19-31(44)38-21-14-20-37-30(43)18-11-12-22-48-25-36-26-49-35(50-36)32(39-28(2)41)33(45)34(36)46/h32-35,45-46H,3-26H2,1-2H3,(H,37,43)(H,38,44)(H,39,41)/t32-,33-,34-,35+,36+/m1/s1. The van der Waals surface area contributed by atoms with Crippen LogP contribution in [0.2, 0.25) is 0 Å². The van der Waals surface area contributed by atoms with Gasteiger partial charge >= 0.3 is 0 Å². The van der Waals surface area contributed by atoms with E-state index in [1.165, 1.54) is 26.2 Å². The van der Waals surface area contributed by atoms with Gasteiger partial charge in [0.05, 0.1) is 19.8 Å². The fourth-order valence-corrected chi connectivity index (χ4v) is 6.05. The number of ether oxygens (including phenoxy) is 4. The minimum atomic E-state index is -1.29. The van der Waals surface area contributed by atoms with Gasteiger partial charge in [-0.05, 0) is 45.4 Å². The van der Waals surface area contributed by atoms with E-state index in [4.69, 9.17) is 18.9 Å². The number of fused-ring (bicyclic) bond motifs is 2. The van der Waals surface area contributed by atoms with Crippen LogP contribution < -0.4 is 16.0 Å². The van der Waals surface area contributed by atoms with E-state index >= 15 is 0 Å². The number of nitrogens with one attached hydrogen (secondary N) is 3. The van der Waals surface area contributed by atoms with Crippen molar-refractivity contribution in [2.45, 2.75) is 153 Å². The number of aliphatic hydroxyl groups is 2. The highest BCUT2D eigenvalue weighted by Gasteiger charge is 2.59. The Kier molecular flexibility index (Phi) is 22.2. The molecular formula is C36H63N3O11. The minimum absolute atomic E-state index is 0.00743. The van der Waals surface area contributed by atoms with Gasteiger partial charge in [0.15, 0.2) is 6.29 Å². The van der Waals surface area contributed by atoms with Crippen LogP contribution in [-0.2, 0) is 42.9 Å². The van der Waals surface area contributed by atoms with Crippen LogP contribution in [0.5, 0.6) is 0 Å². The molecule has 3 amide bonds. The smallest absolute Gasteiger partial charge is 0.222 e. The summed E-state index contributed by atoms with van der Waals surface area (Å²) in [6.45, 7) is 4.98. The van der Waals surface area contributed by atoms with Crippen molar-refractivity contribution in [2.24, 2.45) is 0 Å². The van der Waals surface area contributed by atoms with Crippen molar-refractivity contribution < 1.29 is 53.1 Å². The number of carbonyl (C=O) groups excluding carboxylic acids is 5. The fourth-order valence-electron chi connectivity index (χ4n) is 6.05. The lowest BCUT2D eigenvalue weighted by Gasteiger charge is -2.42. The number of ketones is 2. The van der Waals surface area contributed by atoms with Gasteiger partial charge in [-0.3, -0.25) is 19.2 Å². The highest BCUT2D eigenvalue weighted by molar-refractivity contribution is 5.78. The number of amides is 3. The van der Waals surface area contributed by atoms with Crippen LogP contribution in [-0.4, -0.2) is 116 Å². The van der Waals surface area contributed by atoms with Gasteiger partial charge < -0.3 is 49.9 Å². The Morgan fingerprint density at radius 3 is 1.92 bits per heavy atom. The third kappa shape index (κ3) is 18.1. The molecule has 0 aromatic carbocycles. The maximum atomic E-state index is 12.1. The first-order valence-electron chi connectivity index (χ1n) is 18.7. The van der Waals surface area contributed by atoms with Gasteiger partial charge in [0.2, 0.25) is 17.7 Å². The lowest BCUT2D eigenvalue weighted by molar-refractivity contribution is -0.237. The summed E-state index contributed by atoms with van der Waals surface area (Å²) >= 11 is 0. The topological polar surface area (TPSA) is 199 Å². The van der Waals surface area contributed by atoms with Gasteiger partial charge in [-0.15, -0.1) is 0 Å². The lowest BCUT2D eigenvalue weighted by Crippen LogP contribution is -2.66. The number of rotatable bonds is 30. The predicted octanol–water partition coefficient (Wildman–Crippen LogP) is 2.39. The van der Waals surface area contributed by atoms with Crippen molar-refractivity contribution in [3.63, 3.8) is 0 Å². The molecule has 0 spiro atoms. The lowest BCUT2D eigenvalue weighted by atomic mass is 9.88. The summed E-state index contributed by atoms with van der Waals surface area (Å²) in [7, 11) is 0. The summed E-state index contributed by atoms with van der Waals surface area (Å²) in [5.74, 6) is -0.0308. The fraction of sp³-hybridized carbons (Fsp3) is 0.861. The third-order valence-electron chi connectivity index (χ3n) is 8.98. The van der Waals surface area contributed by atoms with Crippen LogP contribution in [0.25, 0.3) is 0 Å². The van der Waals surface area contributed by atoms with Crippen molar-refractivity contribution in [1.82, 2.24) is 16.0 Å². The molecule has 5 N–H and O–H groups in total. The maximum absolute atomic E-state index is 12.1. The summed E-state index contributed by atoms with van der Waals surface area (Å²) in [6.07, 6.45) is 10.3. The Labute approximate surface area is 297 Å². The van der Waals surface area contributed by atoms with Crippen molar-refractivity contribution in [1.29, 1.82) is 0 Å². The molecule has 2 bridgehead atoms. The second-order valence-electron chi connectivity index (χ2n) is 13.6. The van der Waals surface area contributed by atoms with Gasteiger partial charge in [0, 0.05) is 65.3 Å². The van der Waals surface area contributed by atoms with Crippen LogP contribution in [0.15, 0.2) is 0 Å². The van der Waals surface area contributed by atoms with Crippen molar-refractivity contribution in [3.8, 4) is 0 Å². The molecule has 2 fully saturated rings. The van der Waals surface area contributed by atoms with Gasteiger partial charge in [-0.1, -0.05) is 38.5 Å². The quantitative estimate of drug-likeness (QED) is 0.0685. The summed E-state index contributed by atoms with van der Waals surface area (Å²) < 4.78 is 22.5.